The Labute approximate surface area is 307 Å². The summed E-state index contributed by atoms with van der Waals surface area (Å²) in [6, 6.07) is 56.1. The molecule has 4 aromatic heterocycles. The SMILES string of the molecule is c1ccc(-c2nc(-c3cccc4c3oc3c(-c5nc6ccccc6n5-c5ccccc5)cccc34)nc(-c3cccc4sc5ccccc5c34)n2)cc1. The lowest BCUT2D eigenvalue weighted by atomic mass is 10.0. The molecule has 0 amide bonds. The fourth-order valence-corrected chi connectivity index (χ4v) is 8.64. The van der Waals surface area contributed by atoms with Gasteiger partial charge in [0.15, 0.2) is 17.5 Å². The summed E-state index contributed by atoms with van der Waals surface area (Å²) in [6.45, 7) is 0. The van der Waals surface area contributed by atoms with E-state index >= 15 is 0 Å². The predicted molar refractivity (Wildman–Crippen MR) is 216 cm³/mol. The Morgan fingerprint density at radius 3 is 1.85 bits per heavy atom. The summed E-state index contributed by atoms with van der Waals surface area (Å²) in [4.78, 5) is 20.6. The third kappa shape index (κ3) is 4.71. The van der Waals surface area contributed by atoms with Crippen LogP contribution in [0.1, 0.15) is 0 Å². The molecule has 0 atom stereocenters. The van der Waals surface area contributed by atoms with Crippen molar-refractivity contribution in [1.29, 1.82) is 0 Å². The van der Waals surface area contributed by atoms with E-state index in [0.29, 0.717) is 23.1 Å². The second kappa shape index (κ2) is 11.8. The number of thiophene rings is 1. The van der Waals surface area contributed by atoms with Crippen LogP contribution in [-0.4, -0.2) is 24.5 Å². The van der Waals surface area contributed by atoms with Gasteiger partial charge in [0.1, 0.15) is 17.0 Å². The first kappa shape index (κ1) is 29.7. The standard InChI is InChI=1S/C46H27N5OS/c1-3-14-28(15-4-1)43-48-44(33-21-13-27-39-40(33)32-18-7-10-26-38(32)53-39)50-45(49-43)34-22-11-19-30-31-20-12-23-35(42(31)52-41(30)34)46-47-36-24-8-9-25-37(36)51(46)29-16-5-2-6-17-29/h1-27H. The number of hydrogen-bond acceptors (Lipinski definition) is 6. The molecular weight excluding hydrogens is 671 g/mol. The van der Waals surface area contributed by atoms with Crippen molar-refractivity contribution in [3.8, 4) is 51.2 Å². The number of fused-ring (bicyclic) bond motifs is 7. The Kier molecular flexibility index (Phi) is 6.62. The molecule has 6 nitrogen and oxygen atoms in total. The molecule has 0 saturated heterocycles. The number of aromatic nitrogens is 5. The smallest absolute Gasteiger partial charge is 0.167 e. The number of nitrogens with zero attached hydrogens (tertiary/aromatic N) is 5. The van der Waals surface area contributed by atoms with E-state index in [0.717, 1.165) is 66.5 Å². The largest absolute Gasteiger partial charge is 0.455 e. The second-order valence-corrected chi connectivity index (χ2v) is 14.1. The lowest BCUT2D eigenvalue weighted by Crippen LogP contribution is -2.00. The van der Waals surface area contributed by atoms with E-state index in [1.54, 1.807) is 11.3 Å². The molecule has 0 bridgehead atoms. The highest BCUT2D eigenvalue weighted by atomic mass is 32.1. The Hall–Kier alpha value is -6.96. The van der Waals surface area contributed by atoms with Crippen molar-refractivity contribution in [2.75, 3.05) is 0 Å². The molecule has 53 heavy (non-hydrogen) atoms. The monoisotopic (exact) mass is 697 g/mol. The fourth-order valence-electron chi connectivity index (χ4n) is 7.51. The van der Waals surface area contributed by atoms with Crippen molar-refractivity contribution in [2.24, 2.45) is 0 Å². The van der Waals surface area contributed by atoms with E-state index < -0.39 is 0 Å². The molecular formula is C46H27N5OS. The lowest BCUT2D eigenvalue weighted by molar-refractivity contribution is 0.670. The van der Waals surface area contributed by atoms with Gasteiger partial charge < -0.3 is 4.42 Å². The van der Waals surface area contributed by atoms with Crippen LogP contribution in [-0.2, 0) is 0 Å². The highest BCUT2D eigenvalue weighted by Gasteiger charge is 2.23. The molecule has 0 fully saturated rings. The van der Waals surface area contributed by atoms with E-state index in [2.05, 4.69) is 120 Å². The number of rotatable bonds is 5. The topological polar surface area (TPSA) is 69.6 Å². The summed E-state index contributed by atoms with van der Waals surface area (Å²) in [5.74, 6) is 2.59. The molecule has 0 aliphatic carbocycles. The van der Waals surface area contributed by atoms with E-state index in [4.69, 9.17) is 24.4 Å². The molecule has 0 saturated carbocycles. The van der Waals surface area contributed by atoms with E-state index in [-0.39, 0.29) is 0 Å². The van der Waals surface area contributed by atoms with Crippen LogP contribution >= 0.6 is 11.3 Å². The van der Waals surface area contributed by atoms with Crippen LogP contribution in [0.2, 0.25) is 0 Å². The van der Waals surface area contributed by atoms with Crippen molar-refractivity contribution in [3.05, 3.63) is 164 Å². The normalized spacial score (nSPS) is 11.8. The zero-order chi connectivity index (χ0) is 34.9. The van der Waals surface area contributed by atoms with Crippen molar-refractivity contribution in [2.45, 2.75) is 0 Å². The summed E-state index contributed by atoms with van der Waals surface area (Å²) in [7, 11) is 0. The number of para-hydroxylation sites is 5. The Morgan fingerprint density at radius 2 is 1.02 bits per heavy atom. The van der Waals surface area contributed by atoms with E-state index in [1.165, 1.54) is 14.8 Å². The quantitative estimate of drug-likeness (QED) is 0.179. The second-order valence-electron chi connectivity index (χ2n) is 13.0. The van der Waals surface area contributed by atoms with E-state index in [1.807, 2.05) is 48.5 Å². The zero-order valence-corrected chi connectivity index (χ0v) is 29.0. The predicted octanol–water partition coefficient (Wildman–Crippen LogP) is 12.1. The molecule has 11 rings (SSSR count). The van der Waals surface area contributed by atoms with Gasteiger partial charge in [-0.1, -0.05) is 115 Å². The zero-order valence-electron chi connectivity index (χ0n) is 28.1. The van der Waals surface area contributed by atoms with Crippen LogP contribution in [0.3, 0.4) is 0 Å². The lowest BCUT2D eigenvalue weighted by Gasteiger charge is -2.10. The molecule has 0 spiro atoms. The molecule has 0 aliphatic heterocycles. The molecule has 248 valence electrons. The van der Waals surface area contributed by atoms with Crippen LogP contribution in [0.25, 0.3) is 104 Å². The molecule has 0 N–H and O–H groups in total. The van der Waals surface area contributed by atoms with Crippen LogP contribution in [0, 0.1) is 0 Å². The summed E-state index contributed by atoms with van der Waals surface area (Å²) in [5, 5.41) is 4.32. The van der Waals surface area contributed by atoms with Gasteiger partial charge in [-0.25, -0.2) is 19.9 Å². The van der Waals surface area contributed by atoms with Crippen molar-refractivity contribution in [1.82, 2.24) is 24.5 Å². The maximum Gasteiger partial charge on any atom is 0.167 e. The van der Waals surface area contributed by atoms with Crippen LogP contribution < -0.4 is 0 Å². The summed E-state index contributed by atoms with van der Waals surface area (Å²) in [6.07, 6.45) is 0. The minimum Gasteiger partial charge on any atom is -0.455 e. The molecule has 0 unspecified atom stereocenters. The Bertz CT molecular complexity index is 3180. The van der Waals surface area contributed by atoms with Crippen molar-refractivity contribution >= 4 is 64.5 Å². The van der Waals surface area contributed by atoms with Crippen LogP contribution in [0.4, 0.5) is 0 Å². The summed E-state index contributed by atoms with van der Waals surface area (Å²) < 4.78 is 11.6. The molecule has 0 aliphatic rings. The highest BCUT2D eigenvalue weighted by molar-refractivity contribution is 7.25. The van der Waals surface area contributed by atoms with Gasteiger partial charge in [0, 0.05) is 47.8 Å². The maximum absolute atomic E-state index is 6.97. The molecule has 7 heteroatoms. The fraction of sp³-hybridized carbons (Fsp3) is 0. The first-order valence-electron chi connectivity index (χ1n) is 17.5. The summed E-state index contributed by atoms with van der Waals surface area (Å²) >= 11 is 1.78. The summed E-state index contributed by atoms with van der Waals surface area (Å²) in [5.41, 5.74) is 8.04. The minimum atomic E-state index is 0.549. The molecule has 4 heterocycles. The number of hydrogen-bond donors (Lipinski definition) is 0. The third-order valence-corrected chi connectivity index (χ3v) is 11.0. The van der Waals surface area contributed by atoms with Crippen LogP contribution in [0.15, 0.2) is 168 Å². The number of imidazole rings is 1. The Morgan fingerprint density at radius 1 is 0.434 bits per heavy atom. The van der Waals surface area contributed by atoms with Gasteiger partial charge in [-0.05, 0) is 48.5 Å². The van der Waals surface area contributed by atoms with E-state index in [9.17, 15) is 0 Å². The van der Waals surface area contributed by atoms with Gasteiger partial charge in [0.2, 0.25) is 0 Å². The first-order chi connectivity index (χ1) is 26.3. The Balaban J connectivity index is 1.16. The van der Waals surface area contributed by atoms with Gasteiger partial charge in [0.25, 0.3) is 0 Å². The highest BCUT2D eigenvalue weighted by Crippen LogP contribution is 2.42. The van der Waals surface area contributed by atoms with Crippen molar-refractivity contribution in [3.63, 3.8) is 0 Å². The average Bonchev–Trinajstić information content (AvgIpc) is 3.93. The van der Waals surface area contributed by atoms with Crippen molar-refractivity contribution < 1.29 is 4.42 Å². The molecule has 7 aromatic carbocycles. The molecule has 11 aromatic rings. The van der Waals surface area contributed by atoms with Gasteiger partial charge >= 0.3 is 0 Å². The average molecular weight is 698 g/mol. The van der Waals surface area contributed by atoms with Crippen LogP contribution in [0.5, 0.6) is 0 Å². The maximum atomic E-state index is 6.97. The first-order valence-corrected chi connectivity index (χ1v) is 18.3. The van der Waals surface area contributed by atoms with Gasteiger partial charge in [-0.3, -0.25) is 4.57 Å². The third-order valence-electron chi connectivity index (χ3n) is 9.89. The molecule has 0 radical (unpaired) electrons. The number of benzene rings is 7. The number of furan rings is 1. The van der Waals surface area contributed by atoms with Gasteiger partial charge in [-0.2, -0.15) is 0 Å². The van der Waals surface area contributed by atoms with Gasteiger partial charge in [-0.15, -0.1) is 11.3 Å². The minimum absolute atomic E-state index is 0.549. The van der Waals surface area contributed by atoms with Gasteiger partial charge in [0.05, 0.1) is 22.2 Å².